The van der Waals surface area contributed by atoms with Gasteiger partial charge in [-0.1, -0.05) is 23.3 Å². The van der Waals surface area contributed by atoms with Gasteiger partial charge in [-0.25, -0.2) is 0 Å². The average Bonchev–Trinajstić information content (AvgIpc) is 2.83. The molecule has 194 valence electrons. The minimum atomic E-state index is -1.14. The molecule has 0 saturated heterocycles. The van der Waals surface area contributed by atoms with Crippen LogP contribution in [0.4, 0.5) is 0 Å². The number of phenols is 4. The normalized spacial score (nSPS) is 23.3. The summed E-state index contributed by atoms with van der Waals surface area (Å²) in [5.41, 5.74) is 0.281. The van der Waals surface area contributed by atoms with E-state index in [0.717, 1.165) is 35.4 Å². The first-order valence-electron chi connectivity index (χ1n) is 12.2. The first kappa shape index (κ1) is 25.2. The van der Waals surface area contributed by atoms with Crippen LogP contribution in [0, 0.1) is 11.8 Å². The Balaban J connectivity index is 1.95. The molecule has 0 bridgehead atoms. The second-order valence-electron chi connectivity index (χ2n) is 10.5. The van der Waals surface area contributed by atoms with Gasteiger partial charge in [-0.15, -0.1) is 0 Å². The average molecular weight is 515 g/mol. The van der Waals surface area contributed by atoms with Gasteiger partial charge < -0.3 is 20.4 Å². The Morgan fingerprint density at radius 3 is 1.26 bits per heavy atom. The summed E-state index contributed by atoms with van der Waals surface area (Å²) in [7, 11) is 0. The van der Waals surface area contributed by atoms with E-state index in [4.69, 9.17) is 0 Å². The molecule has 4 N–H and O–H groups in total. The highest BCUT2D eigenvalue weighted by atomic mass is 16.3. The third-order valence-electron chi connectivity index (χ3n) is 7.52. The quantitative estimate of drug-likeness (QED) is 0.328. The van der Waals surface area contributed by atoms with E-state index in [1.165, 1.54) is 0 Å². The van der Waals surface area contributed by atoms with Crippen molar-refractivity contribution in [3.63, 3.8) is 0 Å². The molecule has 0 amide bonds. The second-order valence-corrected chi connectivity index (χ2v) is 10.5. The van der Waals surface area contributed by atoms with E-state index in [1.807, 2.05) is 0 Å². The van der Waals surface area contributed by atoms with E-state index < -0.39 is 69.8 Å². The van der Waals surface area contributed by atoms with Crippen molar-refractivity contribution in [3.8, 4) is 23.0 Å². The summed E-state index contributed by atoms with van der Waals surface area (Å²) in [4.78, 5) is 53.7. The van der Waals surface area contributed by atoms with Crippen molar-refractivity contribution in [2.75, 3.05) is 0 Å². The lowest BCUT2D eigenvalue weighted by atomic mass is 9.55. The van der Waals surface area contributed by atoms with Crippen molar-refractivity contribution in [2.24, 2.45) is 11.8 Å². The first-order valence-corrected chi connectivity index (χ1v) is 12.2. The number of fused-ring (bicyclic) bond motifs is 4. The zero-order chi connectivity index (χ0) is 27.8. The van der Waals surface area contributed by atoms with Crippen LogP contribution in [0.3, 0.4) is 0 Å². The second kappa shape index (κ2) is 8.55. The number of hydrogen-bond donors (Lipinski definition) is 4. The predicted molar refractivity (Wildman–Crippen MR) is 137 cm³/mol. The Labute approximate surface area is 218 Å². The lowest BCUT2D eigenvalue weighted by Gasteiger charge is -2.45. The molecular weight excluding hydrogens is 488 g/mol. The number of Topliss-reactive ketones (excluding diaryl/α,β-unsaturated/α-hetero) is 2. The van der Waals surface area contributed by atoms with Crippen molar-refractivity contribution in [1.82, 2.24) is 0 Å². The largest absolute Gasteiger partial charge is 0.507 e. The monoisotopic (exact) mass is 514 g/mol. The van der Waals surface area contributed by atoms with E-state index in [-0.39, 0.29) is 33.4 Å². The van der Waals surface area contributed by atoms with Crippen LogP contribution in [0.1, 0.15) is 92.1 Å². The molecule has 2 aromatic carbocycles. The molecule has 38 heavy (non-hydrogen) atoms. The highest BCUT2D eigenvalue weighted by Crippen LogP contribution is 2.60. The zero-order valence-electron chi connectivity index (χ0n) is 21.2. The van der Waals surface area contributed by atoms with Gasteiger partial charge in [0.1, 0.15) is 23.0 Å². The molecule has 0 fully saturated rings. The number of carbonyl (C=O) groups excluding carboxylic acids is 4. The summed E-state index contributed by atoms with van der Waals surface area (Å²) in [5.74, 6) is -8.82. The molecule has 0 aliphatic heterocycles. The topological polar surface area (TPSA) is 149 Å². The molecule has 5 rings (SSSR count). The Morgan fingerprint density at radius 2 is 0.947 bits per heavy atom. The first-order chi connectivity index (χ1) is 17.9. The molecule has 8 heteroatoms. The summed E-state index contributed by atoms with van der Waals surface area (Å²) < 4.78 is 0. The maximum Gasteiger partial charge on any atom is 0.190 e. The van der Waals surface area contributed by atoms with E-state index in [0.29, 0.717) is 0 Å². The lowest BCUT2D eigenvalue weighted by molar-refractivity contribution is 0.0678. The van der Waals surface area contributed by atoms with E-state index >= 15 is 0 Å². The Morgan fingerprint density at radius 1 is 0.605 bits per heavy atom. The highest BCUT2D eigenvalue weighted by molar-refractivity contribution is 6.25. The van der Waals surface area contributed by atoms with Crippen LogP contribution in [-0.4, -0.2) is 43.6 Å². The number of allylic oxidation sites excluding steroid dienone is 6. The summed E-state index contributed by atoms with van der Waals surface area (Å²) in [6.07, 6.45) is 5.36. The van der Waals surface area contributed by atoms with Gasteiger partial charge in [0.05, 0.1) is 22.3 Å². The molecule has 3 aliphatic carbocycles. The van der Waals surface area contributed by atoms with Crippen molar-refractivity contribution in [3.05, 3.63) is 81.0 Å². The lowest BCUT2D eigenvalue weighted by Crippen LogP contribution is -2.46. The van der Waals surface area contributed by atoms with Gasteiger partial charge >= 0.3 is 0 Å². The Kier molecular flexibility index (Phi) is 5.67. The molecule has 0 unspecified atom stereocenters. The molecule has 8 nitrogen and oxygen atoms in total. The summed E-state index contributed by atoms with van der Waals surface area (Å²) in [6, 6.07) is 2.27. The van der Waals surface area contributed by atoms with Crippen LogP contribution in [0.25, 0.3) is 0 Å². The minimum absolute atomic E-state index is 0.0758. The SMILES string of the molecule is CC(C)=C[C@@H]1c2c(O)c3c(c(O)c2[C@@H](C=C(C)C)[C@H]2C(=O)c4c(O)ccc(O)c4C(=O)[C@H]21)C(=O)C=CC3=O. The van der Waals surface area contributed by atoms with E-state index in [1.54, 1.807) is 39.8 Å². The molecule has 0 saturated carbocycles. The van der Waals surface area contributed by atoms with Crippen LogP contribution in [-0.2, 0) is 0 Å². The van der Waals surface area contributed by atoms with Crippen molar-refractivity contribution < 1.29 is 39.6 Å². The molecule has 2 aromatic rings. The van der Waals surface area contributed by atoms with E-state index in [9.17, 15) is 39.6 Å². The van der Waals surface area contributed by atoms with E-state index in [2.05, 4.69) is 0 Å². The predicted octanol–water partition coefficient (Wildman–Crippen LogP) is 4.87. The number of carbonyl (C=O) groups is 4. The number of hydrogen-bond acceptors (Lipinski definition) is 8. The molecule has 3 aliphatic rings. The Bertz CT molecular complexity index is 1460. The van der Waals surface area contributed by atoms with Gasteiger partial charge in [-0.05, 0) is 52.0 Å². The number of ketones is 4. The van der Waals surface area contributed by atoms with Gasteiger partial charge in [0.2, 0.25) is 0 Å². The molecule has 0 aromatic heterocycles. The molecule has 0 heterocycles. The zero-order valence-corrected chi connectivity index (χ0v) is 21.2. The van der Waals surface area contributed by atoms with Crippen LogP contribution < -0.4 is 0 Å². The van der Waals surface area contributed by atoms with Crippen LogP contribution in [0.5, 0.6) is 23.0 Å². The smallest absolute Gasteiger partial charge is 0.190 e. The number of rotatable bonds is 2. The third kappa shape index (κ3) is 3.36. The maximum atomic E-state index is 14.1. The minimum Gasteiger partial charge on any atom is -0.507 e. The van der Waals surface area contributed by atoms with Crippen molar-refractivity contribution in [2.45, 2.75) is 39.5 Å². The summed E-state index contributed by atoms with van der Waals surface area (Å²) in [5, 5.41) is 44.2. The molecule has 0 radical (unpaired) electrons. The number of phenolic OH excluding ortho intramolecular Hbond substituents is 4. The van der Waals surface area contributed by atoms with Crippen LogP contribution in [0.15, 0.2) is 47.6 Å². The van der Waals surface area contributed by atoms with Crippen LogP contribution >= 0.6 is 0 Å². The maximum absolute atomic E-state index is 14.1. The van der Waals surface area contributed by atoms with Gasteiger partial charge in [0, 0.05) is 34.8 Å². The fourth-order valence-electron chi connectivity index (χ4n) is 6.20. The molecular formula is C30H26O8. The third-order valence-corrected chi connectivity index (χ3v) is 7.52. The van der Waals surface area contributed by atoms with Crippen molar-refractivity contribution >= 4 is 23.1 Å². The standard InChI is InChI=1S/C30H26O8/c1-11(2)9-13-19-21(29(37)25-17(33)7-5-15(31)23(25)27(19)35)14(10-12(3)4)22-20(13)28(36)24-16(32)6-8-18(34)26(24)30(22)38/h5-10,13-14,19,21,31,33,36,38H,1-4H3/t13-,14-,19-,21+/m0/s1. The highest BCUT2D eigenvalue weighted by Gasteiger charge is 2.56. The fraction of sp³-hybridized carbons (Fsp3) is 0.267. The summed E-state index contributed by atoms with van der Waals surface area (Å²) in [6.45, 7) is 7.04. The Hall–Kier alpha value is -4.46. The van der Waals surface area contributed by atoms with Gasteiger partial charge in [0.25, 0.3) is 0 Å². The van der Waals surface area contributed by atoms with Crippen LogP contribution in [0.2, 0.25) is 0 Å². The number of benzene rings is 2. The molecule has 0 spiro atoms. The van der Waals surface area contributed by atoms with Gasteiger partial charge in [0.15, 0.2) is 23.1 Å². The van der Waals surface area contributed by atoms with Gasteiger partial charge in [-0.3, -0.25) is 19.2 Å². The summed E-state index contributed by atoms with van der Waals surface area (Å²) >= 11 is 0. The van der Waals surface area contributed by atoms with Gasteiger partial charge in [-0.2, -0.15) is 0 Å². The fourth-order valence-corrected chi connectivity index (χ4v) is 6.20. The number of aromatic hydroxyl groups is 4. The van der Waals surface area contributed by atoms with Crippen molar-refractivity contribution in [1.29, 1.82) is 0 Å². The molecule has 4 atom stereocenters.